The normalized spacial score (nSPS) is 24.8. The molecule has 2 heterocycles. The highest BCUT2D eigenvalue weighted by Gasteiger charge is 2.52. The highest BCUT2D eigenvalue weighted by Crippen LogP contribution is 2.60. The molecule has 1 saturated heterocycles. The Morgan fingerprint density at radius 3 is 2.48 bits per heavy atom. The molecule has 3 aliphatic rings. The molecule has 2 aliphatic carbocycles. The third-order valence-electron chi connectivity index (χ3n) is 6.61. The quantitative estimate of drug-likeness (QED) is 0.816. The van der Waals surface area contributed by atoms with Crippen LogP contribution in [0.25, 0.3) is 11.0 Å². The van der Waals surface area contributed by atoms with Crippen molar-refractivity contribution in [3.05, 3.63) is 34.2 Å². The minimum absolute atomic E-state index is 0.236. The molecule has 2 saturated carbocycles. The zero-order valence-corrected chi connectivity index (χ0v) is 15.2. The summed E-state index contributed by atoms with van der Waals surface area (Å²) < 4.78 is 3.08. The molecule has 1 N–H and O–H groups in total. The predicted octanol–water partition coefficient (Wildman–Crippen LogP) is 1.54. The van der Waals surface area contributed by atoms with Crippen molar-refractivity contribution in [2.24, 2.45) is 12.5 Å². The van der Waals surface area contributed by atoms with Crippen molar-refractivity contribution in [2.75, 3.05) is 0 Å². The van der Waals surface area contributed by atoms with Gasteiger partial charge in [0.15, 0.2) is 0 Å². The molecule has 2 amide bonds. The number of carbonyl (C=O) groups excluding carboxylic acids is 3. The van der Waals surface area contributed by atoms with Crippen LogP contribution in [0.2, 0.25) is 0 Å². The number of benzene rings is 1. The molecule has 140 valence electrons. The Morgan fingerprint density at radius 2 is 1.81 bits per heavy atom. The monoisotopic (exact) mass is 367 g/mol. The summed E-state index contributed by atoms with van der Waals surface area (Å²) in [6.07, 6.45) is 4.08. The number of hydrogen-bond donors (Lipinski definition) is 1. The molecular formula is C20H21N3O4. The summed E-state index contributed by atoms with van der Waals surface area (Å²) in [6.45, 7) is 0. The van der Waals surface area contributed by atoms with Gasteiger partial charge in [-0.05, 0) is 48.3 Å². The number of imidazole rings is 1. The van der Waals surface area contributed by atoms with E-state index in [2.05, 4.69) is 5.32 Å². The topological polar surface area (TPSA) is 90.2 Å². The van der Waals surface area contributed by atoms with E-state index < -0.39 is 11.9 Å². The average molecular weight is 367 g/mol. The van der Waals surface area contributed by atoms with Crippen LogP contribution in [-0.2, 0) is 21.4 Å². The fraction of sp³-hybridized carbons (Fsp3) is 0.500. The van der Waals surface area contributed by atoms with Gasteiger partial charge in [-0.25, -0.2) is 4.79 Å². The fourth-order valence-electron chi connectivity index (χ4n) is 5.16. The summed E-state index contributed by atoms with van der Waals surface area (Å²) >= 11 is 0. The molecule has 7 heteroatoms. The molecule has 1 spiro atoms. The largest absolute Gasteiger partial charge is 0.329 e. The Hall–Kier alpha value is -2.70. The zero-order chi connectivity index (χ0) is 18.9. The lowest BCUT2D eigenvalue weighted by atomic mass is 9.50. The molecule has 1 aromatic heterocycles. The maximum atomic E-state index is 12.8. The number of imide groups is 1. The fourth-order valence-corrected chi connectivity index (χ4v) is 5.16. The molecule has 27 heavy (non-hydrogen) atoms. The van der Waals surface area contributed by atoms with E-state index in [4.69, 9.17) is 0 Å². The number of amides is 2. The maximum Gasteiger partial charge on any atom is 0.329 e. The van der Waals surface area contributed by atoms with Crippen LogP contribution in [-0.4, -0.2) is 26.7 Å². The maximum absolute atomic E-state index is 12.8. The van der Waals surface area contributed by atoms with Crippen LogP contribution in [0.15, 0.2) is 23.0 Å². The van der Waals surface area contributed by atoms with Crippen LogP contribution in [0.1, 0.15) is 56.0 Å². The molecule has 0 bridgehead atoms. The first-order chi connectivity index (χ1) is 12.9. The first kappa shape index (κ1) is 16.5. The second-order valence-electron chi connectivity index (χ2n) is 8.42. The first-order valence-corrected chi connectivity index (χ1v) is 9.43. The van der Waals surface area contributed by atoms with Crippen LogP contribution < -0.4 is 11.0 Å². The number of piperidine rings is 1. The van der Waals surface area contributed by atoms with Crippen molar-refractivity contribution in [2.45, 2.75) is 50.5 Å². The summed E-state index contributed by atoms with van der Waals surface area (Å²) in [7, 11) is 1.71. The molecule has 1 atom stereocenters. The Bertz CT molecular complexity index is 1060. The highest BCUT2D eigenvalue weighted by molar-refractivity contribution is 6.00. The van der Waals surface area contributed by atoms with E-state index in [1.165, 1.54) is 10.1 Å². The van der Waals surface area contributed by atoms with E-state index in [0.29, 0.717) is 23.6 Å². The summed E-state index contributed by atoms with van der Waals surface area (Å²) in [6, 6.07) is 5.32. The van der Waals surface area contributed by atoms with Gasteiger partial charge in [-0.2, -0.15) is 0 Å². The van der Waals surface area contributed by atoms with Gasteiger partial charge in [0.05, 0.1) is 11.0 Å². The number of carbonyl (C=O) groups is 3. The van der Waals surface area contributed by atoms with E-state index in [1.54, 1.807) is 11.6 Å². The van der Waals surface area contributed by atoms with Crippen molar-refractivity contribution in [3.8, 4) is 0 Å². The van der Waals surface area contributed by atoms with E-state index in [0.717, 1.165) is 31.2 Å². The van der Waals surface area contributed by atoms with Gasteiger partial charge in [-0.3, -0.25) is 28.8 Å². The van der Waals surface area contributed by atoms with Crippen LogP contribution in [0.3, 0.4) is 0 Å². The summed E-state index contributed by atoms with van der Waals surface area (Å²) in [5, 5.41) is 2.33. The zero-order valence-electron chi connectivity index (χ0n) is 15.2. The van der Waals surface area contributed by atoms with Gasteiger partial charge in [0.2, 0.25) is 11.8 Å². The van der Waals surface area contributed by atoms with E-state index >= 15 is 0 Å². The van der Waals surface area contributed by atoms with E-state index in [9.17, 15) is 19.2 Å². The number of rotatable bonds is 2. The number of nitrogens with zero attached hydrogens (tertiary/aromatic N) is 2. The second kappa shape index (κ2) is 5.41. The van der Waals surface area contributed by atoms with E-state index in [-0.39, 0.29) is 23.4 Å². The standard InChI is InChI=1S/C20H21N3O4/c1-22-16-6-11(12-7-20(8-12)9-13(24)10-20)2-3-14(16)23(19(22)27)15-4-5-17(25)21-18(15)26/h2-3,6,12,15H,4-5,7-10H2,1H3,(H,21,25,26). The Morgan fingerprint density at radius 1 is 1.07 bits per heavy atom. The SMILES string of the molecule is Cn1c(=O)n(C2CCC(=O)NC2=O)c2ccc(C3CC4(CC(=O)C4)C3)cc21. The summed E-state index contributed by atoms with van der Waals surface area (Å²) in [4.78, 5) is 47.8. The predicted molar refractivity (Wildman–Crippen MR) is 97.2 cm³/mol. The lowest BCUT2D eigenvalue weighted by molar-refractivity contribution is -0.139. The van der Waals surface area contributed by atoms with Crippen molar-refractivity contribution in [1.82, 2.24) is 14.5 Å². The van der Waals surface area contributed by atoms with Gasteiger partial charge < -0.3 is 0 Å². The Kier molecular flexibility index (Phi) is 3.30. The third kappa shape index (κ3) is 2.33. The van der Waals surface area contributed by atoms with Crippen molar-refractivity contribution < 1.29 is 14.4 Å². The number of fused-ring (bicyclic) bond motifs is 1. The van der Waals surface area contributed by atoms with Gasteiger partial charge in [0, 0.05) is 26.3 Å². The number of aryl methyl sites for hydroxylation is 1. The number of Topliss-reactive ketones (excluding diaryl/α,β-unsaturated/α-hetero) is 1. The molecule has 3 fully saturated rings. The van der Waals surface area contributed by atoms with Crippen LogP contribution in [0, 0.1) is 5.41 Å². The molecule has 1 aromatic carbocycles. The molecular weight excluding hydrogens is 346 g/mol. The van der Waals surface area contributed by atoms with Crippen LogP contribution >= 0.6 is 0 Å². The minimum atomic E-state index is -0.655. The molecule has 1 aliphatic heterocycles. The smallest absolute Gasteiger partial charge is 0.300 e. The van der Waals surface area contributed by atoms with Crippen molar-refractivity contribution in [3.63, 3.8) is 0 Å². The van der Waals surface area contributed by atoms with Crippen LogP contribution in [0.5, 0.6) is 0 Å². The van der Waals surface area contributed by atoms with Crippen LogP contribution in [0.4, 0.5) is 0 Å². The first-order valence-electron chi connectivity index (χ1n) is 9.43. The molecule has 0 radical (unpaired) electrons. The van der Waals surface area contributed by atoms with Gasteiger partial charge in [0.1, 0.15) is 11.8 Å². The van der Waals surface area contributed by atoms with Gasteiger partial charge in [0.25, 0.3) is 0 Å². The molecule has 2 aromatic rings. The number of ketones is 1. The Labute approximate surface area is 155 Å². The van der Waals surface area contributed by atoms with Crippen molar-refractivity contribution >= 4 is 28.6 Å². The van der Waals surface area contributed by atoms with Gasteiger partial charge >= 0.3 is 5.69 Å². The summed E-state index contributed by atoms with van der Waals surface area (Å²) in [5.74, 6) is 0.0879. The lowest BCUT2D eigenvalue weighted by Gasteiger charge is -2.53. The van der Waals surface area contributed by atoms with Crippen molar-refractivity contribution in [1.29, 1.82) is 0 Å². The average Bonchev–Trinajstić information content (AvgIpc) is 2.81. The van der Waals surface area contributed by atoms with Gasteiger partial charge in [-0.1, -0.05) is 6.07 Å². The second-order valence-corrected chi connectivity index (χ2v) is 8.42. The Balaban J connectivity index is 1.49. The number of aromatic nitrogens is 2. The van der Waals surface area contributed by atoms with E-state index in [1.807, 2.05) is 18.2 Å². The molecule has 5 rings (SSSR count). The summed E-state index contributed by atoms with van der Waals surface area (Å²) in [5.41, 5.74) is 2.69. The minimum Gasteiger partial charge on any atom is -0.300 e. The van der Waals surface area contributed by atoms with Gasteiger partial charge in [-0.15, -0.1) is 0 Å². The highest BCUT2D eigenvalue weighted by atomic mass is 16.2. The molecule has 1 unspecified atom stereocenters. The third-order valence-corrected chi connectivity index (χ3v) is 6.61. The molecule has 7 nitrogen and oxygen atoms in total. The number of nitrogens with one attached hydrogen (secondary N) is 1. The number of hydrogen-bond acceptors (Lipinski definition) is 4. The lowest BCUT2D eigenvalue weighted by Crippen LogP contribution is -2.46.